The molecule has 0 radical (unpaired) electrons. The summed E-state index contributed by atoms with van der Waals surface area (Å²) in [6.07, 6.45) is 0.783. The topological polar surface area (TPSA) is 40.6 Å². The molecule has 0 spiro atoms. The molecule has 1 heterocycles. The van der Waals surface area contributed by atoms with Crippen molar-refractivity contribution in [3.63, 3.8) is 0 Å². The predicted octanol–water partition coefficient (Wildman–Crippen LogP) is 4.45. The molecule has 2 aromatic rings. The summed E-state index contributed by atoms with van der Waals surface area (Å²) >= 11 is 7.62. The number of amides is 2. The van der Waals surface area contributed by atoms with Gasteiger partial charge in [0.2, 0.25) is 11.8 Å². The molecule has 0 N–H and O–H groups in total. The van der Waals surface area contributed by atoms with Crippen LogP contribution < -0.4 is 0 Å². The lowest BCUT2D eigenvalue weighted by Crippen LogP contribution is -2.44. The lowest BCUT2D eigenvalue weighted by atomic mass is 10.2. The van der Waals surface area contributed by atoms with E-state index in [1.807, 2.05) is 47.5 Å². The van der Waals surface area contributed by atoms with Crippen LogP contribution in [0.3, 0.4) is 0 Å². The fourth-order valence-corrected chi connectivity index (χ4v) is 3.89. The Hall–Kier alpha value is -1.85. The Morgan fingerprint density at radius 3 is 2.37 bits per heavy atom. The smallest absolute Gasteiger partial charge is 0.242 e. The van der Waals surface area contributed by atoms with Crippen molar-refractivity contribution in [2.75, 3.05) is 13.1 Å². The normalized spacial score (nSPS) is 11.9. The number of hydrogen-bond donors (Lipinski definition) is 0. The Bertz CT molecular complexity index is 746. The van der Waals surface area contributed by atoms with Gasteiger partial charge in [-0.15, -0.1) is 22.9 Å². The first-order chi connectivity index (χ1) is 12.9. The molecule has 2 amide bonds. The molecular weight excluding hydrogens is 380 g/mol. The monoisotopic (exact) mass is 406 g/mol. The van der Waals surface area contributed by atoms with Crippen LogP contribution in [0.5, 0.6) is 0 Å². The molecule has 2 rings (SSSR count). The van der Waals surface area contributed by atoms with Crippen molar-refractivity contribution in [3.05, 3.63) is 57.8 Å². The summed E-state index contributed by atoms with van der Waals surface area (Å²) in [6, 6.07) is 12.0. The molecule has 1 aromatic carbocycles. The quantitative estimate of drug-likeness (QED) is 0.577. The Morgan fingerprint density at radius 2 is 1.81 bits per heavy atom. The van der Waals surface area contributed by atoms with Crippen molar-refractivity contribution in [3.8, 4) is 0 Å². The first-order valence-corrected chi connectivity index (χ1v) is 10.5. The summed E-state index contributed by atoms with van der Waals surface area (Å²) in [5, 5.41) is 1.41. The predicted molar refractivity (Wildman–Crippen MR) is 112 cm³/mol. The van der Waals surface area contributed by atoms with Crippen molar-refractivity contribution in [2.24, 2.45) is 0 Å². The van der Waals surface area contributed by atoms with Gasteiger partial charge in [0.1, 0.15) is 5.38 Å². The van der Waals surface area contributed by atoms with Crippen molar-refractivity contribution >= 4 is 34.8 Å². The highest BCUT2D eigenvalue weighted by atomic mass is 35.5. The summed E-state index contributed by atoms with van der Waals surface area (Å²) in [5.41, 5.74) is 2.25. The van der Waals surface area contributed by atoms with Crippen LogP contribution in [0.2, 0.25) is 0 Å². The number of benzene rings is 1. The van der Waals surface area contributed by atoms with Gasteiger partial charge in [-0.3, -0.25) is 9.59 Å². The van der Waals surface area contributed by atoms with E-state index in [0.29, 0.717) is 19.6 Å². The third-order valence-electron chi connectivity index (χ3n) is 4.34. The van der Waals surface area contributed by atoms with Crippen molar-refractivity contribution in [1.82, 2.24) is 9.80 Å². The van der Waals surface area contributed by atoms with E-state index in [2.05, 4.69) is 13.0 Å². The molecule has 0 fully saturated rings. The minimum absolute atomic E-state index is 0.0565. The maximum atomic E-state index is 13.1. The average molecular weight is 407 g/mol. The van der Waals surface area contributed by atoms with E-state index in [1.165, 1.54) is 10.4 Å². The molecule has 1 aromatic heterocycles. The summed E-state index contributed by atoms with van der Waals surface area (Å²) in [5.74, 6) is -0.260. The number of halogens is 1. The molecule has 27 heavy (non-hydrogen) atoms. The van der Waals surface area contributed by atoms with E-state index in [-0.39, 0.29) is 18.4 Å². The zero-order chi connectivity index (χ0) is 19.8. The van der Waals surface area contributed by atoms with Gasteiger partial charge >= 0.3 is 0 Å². The molecule has 0 saturated heterocycles. The van der Waals surface area contributed by atoms with Gasteiger partial charge in [0, 0.05) is 18.0 Å². The number of rotatable bonds is 9. The van der Waals surface area contributed by atoms with Crippen LogP contribution in [-0.4, -0.2) is 40.1 Å². The van der Waals surface area contributed by atoms with E-state index >= 15 is 0 Å². The number of hydrogen-bond acceptors (Lipinski definition) is 3. The number of alkyl halides is 1. The van der Waals surface area contributed by atoms with Crippen LogP contribution in [0.1, 0.15) is 36.3 Å². The Balaban J connectivity index is 2.18. The number of carbonyl (C=O) groups is 2. The highest BCUT2D eigenvalue weighted by Gasteiger charge is 2.24. The van der Waals surface area contributed by atoms with E-state index < -0.39 is 5.38 Å². The van der Waals surface area contributed by atoms with Gasteiger partial charge in [-0.1, -0.05) is 37.3 Å². The summed E-state index contributed by atoms with van der Waals surface area (Å²) in [4.78, 5) is 30.0. The van der Waals surface area contributed by atoms with Crippen LogP contribution in [0.4, 0.5) is 0 Å². The molecule has 0 aliphatic carbocycles. The number of thiophene rings is 1. The van der Waals surface area contributed by atoms with Gasteiger partial charge in [-0.2, -0.15) is 0 Å². The van der Waals surface area contributed by atoms with Gasteiger partial charge in [-0.25, -0.2) is 0 Å². The first-order valence-electron chi connectivity index (χ1n) is 9.19. The third kappa shape index (κ3) is 6.36. The molecule has 1 atom stereocenters. The van der Waals surface area contributed by atoms with Crippen LogP contribution in [0.15, 0.2) is 41.8 Å². The zero-order valence-electron chi connectivity index (χ0n) is 16.2. The first kappa shape index (κ1) is 21.5. The van der Waals surface area contributed by atoms with Crippen LogP contribution >= 0.6 is 22.9 Å². The molecule has 1 unspecified atom stereocenters. The van der Waals surface area contributed by atoms with E-state index in [4.69, 9.17) is 11.6 Å². The van der Waals surface area contributed by atoms with Crippen molar-refractivity contribution in [1.29, 1.82) is 0 Å². The summed E-state index contributed by atoms with van der Waals surface area (Å²) < 4.78 is 0. The molecule has 6 heteroatoms. The highest BCUT2D eigenvalue weighted by Crippen LogP contribution is 2.20. The van der Waals surface area contributed by atoms with Gasteiger partial charge in [-0.05, 0) is 42.8 Å². The maximum absolute atomic E-state index is 13.1. The van der Waals surface area contributed by atoms with Crippen molar-refractivity contribution in [2.45, 2.75) is 45.7 Å². The average Bonchev–Trinajstić information content (AvgIpc) is 3.05. The Morgan fingerprint density at radius 1 is 1.11 bits per heavy atom. The van der Waals surface area contributed by atoms with Crippen LogP contribution in [0, 0.1) is 6.92 Å². The summed E-state index contributed by atoms with van der Waals surface area (Å²) in [7, 11) is 0. The van der Waals surface area contributed by atoms with Crippen molar-refractivity contribution < 1.29 is 9.59 Å². The lowest BCUT2D eigenvalue weighted by Gasteiger charge is -2.28. The maximum Gasteiger partial charge on any atom is 0.242 e. The highest BCUT2D eigenvalue weighted by molar-refractivity contribution is 7.10. The third-order valence-corrected chi connectivity index (χ3v) is 5.54. The molecular formula is C21H27ClN2O2S. The number of aryl methyl sites for hydroxylation is 1. The molecule has 146 valence electrons. The SMILES string of the molecule is CCCN(CC(=O)N(Cc1ccccc1)Cc1sccc1C)C(=O)C(C)Cl. The molecule has 0 saturated carbocycles. The second-order valence-electron chi connectivity index (χ2n) is 6.64. The number of nitrogens with zero attached hydrogens (tertiary/aromatic N) is 2. The zero-order valence-corrected chi connectivity index (χ0v) is 17.7. The van der Waals surface area contributed by atoms with E-state index in [1.54, 1.807) is 23.2 Å². The minimum atomic E-state index is -0.633. The fraction of sp³-hybridized carbons (Fsp3) is 0.429. The number of carbonyl (C=O) groups excluding carboxylic acids is 2. The molecule has 4 nitrogen and oxygen atoms in total. The lowest BCUT2D eigenvalue weighted by molar-refractivity contribution is -0.141. The van der Waals surface area contributed by atoms with Crippen LogP contribution in [0.25, 0.3) is 0 Å². The summed E-state index contributed by atoms with van der Waals surface area (Å²) in [6.45, 7) is 7.33. The molecule has 0 aliphatic heterocycles. The van der Waals surface area contributed by atoms with Gasteiger partial charge in [0.05, 0.1) is 13.1 Å². The second kappa shape index (κ2) is 10.5. The second-order valence-corrected chi connectivity index (χ2v) is 8.29. The largest absolute Gasteiger partial charge is 0.332 e. The molecule has 0 aliphatic rings. The minimum Gasteiger partial charge on any atom is -0.332 e. The van der Waals surface area contributed by atoms with Gasteiger partial charge < -0.3 is 9.80 Å². The Labute approximate surface area is 170 Å². The van der Waals surface area contributed by atoms with E-state index in [0.717, 1.165) is 12.0 Å². The standard InChI is InChI=1S/C21H27ClN2O2S/c1-4-11-23(21(26)17(3)22)15-20(25)24(13-18-8-6-5-7-9-18)14-19-16(2)10-12-27-19/h5-10,12,17H,4,11,13-15H2,1-3H3. The van der Waals surface area contributed by atoms with E-state index in [9.17, 15) is 9.59 Å². The van der Waals surface area contributed by atoms with Gasteiger partial charge in [0.25, 0.3) is 0 Å². The fourth-order valence-electron chi connectivity index (χ4n) is 2.83. The van der Waals surface area contributed by atoms with Crippen LogP contribution in [-0.2, 0) is 22.7 Å². The molecule has 0 bridgehead atoms. The van der Waals surface area contributed by atoms with Gasteiger partial charge in [0.15, 0.2) is 0 Å². The Kier molecular flexibility index (Phi) is 8.32.